The number of anilines is 1. The second-order valence-electron chi connectivity index (χ2n) is 6.38. The molecule has 0 bridgehead atoms. The molecule has 2 aliphatic rings. The molecule has 0 radical (unpaired) electrons. The molecule has 22 heavy (non-hydrogen) atoms. The normalized spacial score (nSPS) is 24.2. The average Bonchev–Trinajstić information content (AvgIpc) is 2.96. The van der Waals surface area contributed by atoms with E-state index in [2.05, 4.69) is 53.2 Å². The molecule has 1 N–H and O–H groups in total. The Labute approximate surface area is 131 Å². The van der Waals surface area contributed by atoms with Crippen LogP contribution in [0.25, 0.3) is 0 Å². The van der Waals surface area contributed by atoms with E-state index in [0.29, 0.717) is 12.1 Å². The molecule has 3 heteroatoms. The molecule has 0 amide bonds. The van der Waals surface area contributed by atoms with Crippen molar-refractivity contribution in [1.29, 1.82) is 0 Å². The summed E-state index contributed by atoms with van der Waals surface area (Å²) in [6.07, 6.45) is 1.12. The van der Waals surface area contributed by atoms with Crippen LogP contribution in [-0.2, 0) is 13.0 Å². The van der Waals surface area contributed by atoms with Gasteiger partial charge in [0.25, 0.3) is 0 Å². The Morgan fingerprint density at radius 1 is 1.05 bits per heavy atom. The van der Waals surface area contributed by atoms with E-state index in [1.165, 1.54) is 16.8 Å². The Bertz CT molecular complexity index is 685. The third-order valence-electron chi connectivity index (χ3n) is 5.23. The smallest absolute Gasteiger partial charge is 0.0704 e. The van der Waals surface area contributed by atoms with E-state index >= 15 is 0 Å². The summed E-state index contributed by atoms with van der Waals surface area (Å²) in [5.41, 5.74) is 5.13. The summed E-state index contributed by atoms with van der Waals surface area (Å²) in [6, 6.07) is 18.0. The van der Waals surface area contributed by atoms with Crippen molar-refractivity contribution in [2.75, 3.05) is 25.0 Å². The molecule has 1 fully saturated rings. The summed E-state index contributed by atoms with van der Waals surface area (Å²) in [5.74, 6) is 0. The molecule has 2 aromatic carbocycles. The van der Waals surface area contributed by atoms with Gasteiger partial charge in [0.1, 0.15) is 0 Å². The number of aliphatic hydroxyl groups is 1. The SMILES string of the molecule is CN1CCN(c2ccccc2CO)[C@@H]2c3ccccc3C[C@H]21. The fourth-order valence-corrected chi connectivity index (χ4v) is 4.09. The number of hydrogen-bond acceptors (Lipinski definition) is 3. The van der Waals surface area contributed by atoms with Crippen LogP contribution in [0.15, 0.2) is 48.5 Å². The Morgan fingerprint density at radius 3 is 2.68 bits per heavy atom. The molecule has 0 aromatic heterocycles. The van der Waals surface area contributed by atoms with E-state index in [4.69, 9.17) is 0 Å². The highest BCUT2D eigenvalue weighted by atomic mass is 16.3. The molecule has 4 rings (SSSR count). The second kappa shape index (κ2) is 5.41. The summed E-state index contributed by atoms with van der Waals surface area (Å²) >= 11 is 0. The highest BCUT2D eigenvalue weighted by Gasteiger charge is 2.41. The Hall–Kier alpha value is -1.84. The molecule has 0 unspecified atom stereocenters. The molecule has 3 nitrogen and oxygen atoms in total. The first-order valence-electron chi connectivity index (χ1n) is 8.03. The number of likely N-dealkylation sites (N-methyl/N-ethyl adjacent to an activating group) is 1. The van der Waals surface area contributed by atoms with Crippen molar-refractivity contribution in [1.82, 2.24) is 4.90 Å². The number of fused-ring (bicyclic) bond motifs is 3. The van der Waals surface area contributed by atoms with Crippen LogP contribution >= 0.6 is 0 Å². The van der Waals surface area contributed by atoms with Crippen molar-refractivity contribution < 1.29 is 5.11 Å². The molecular formula is C19H22N2O. The van der Waals surface area contributed by atoms with Gasteiger partial charge in [0, 0.05) is 30.4 Å². The molecule has 2 atom stereocenters. The highest BCUT2D eigenvalue weighted by molar-refractivity contribution is 5.58. The van der Waals surface area contributed by atoms with Crippen LogP contribution < -0.4 is 4.90 Å². The zero-order valence-electron chi connectivity index (χ0n) is 12.9. The number of piperazine rings is 1. The quantitative estimate of drug-likeness (QED) is 0.922. The summed E-state index contributed by atoms with van der Waals surface area (Å²) in [7, 11) is 2.23. The summed E-state index contributed by atoms with van der Waals surface area (Å²) in [4.78, 5) is 4.99. The van der Waals surface area contributed by atoms with Crippen LogP contribution in [0, 0.1) is 0 Å². The van der Waals surface area contributed by atoms with Gasteiger partial charge in [0.2, 0.25) is 0 Å². The van der Waals surface area contributed by atoms with Crippen LogP contribution in [0.5, 0.6) is 0 Å². The summed E-state index contributed by atoms with van der Waals surface area (Å²) in [5, 5.41) is 9.70. The molecule has 0 saturated carbocycles. The molecule has 1 saturated heterocycles. The fraction of sp³-hybridized carbons (Fsp3) is 0.368. The minimum atomic E-state index is 0.0988. The van der Waals surface area contributed by atoms with Gasteiger partial charge in [-0.05, 0) is 30.7 Å². The maximum Gasteiger partial charge on any atom is 0.0704 e. The van der Waals surface area contributed by atoms with Crippen LogP contribution in [0.1, 0.15) is 22.7 Å². The lowest BCUT2D eigenvalue weighted by atomic mass is 9.99. The maximum atomic E-state index is 9.70. The molecule has 0 spiro atoms. The number of rotatable bonds is 2. The van der Waals surface area contributed by atoms with Crippen molar-refractivity contribution >= 4 is 5.69 Å². The van der Waals surface area contributed by atoms with Gasteiger partial charge in [-0.2, -0.15) is 0 Å². The monoisotopic (exact) mass is 294 g/mol. The largest absolute Gasteiger partial charge is 0.392 e. The number of para-hydroxylation sites is 1. The lowest BCUT2D eigenvalue weighted by molar-refractivity contribution is 0.186. The average molecular weight is 294 g/mol. The van der Waals surface area contributed by atoms with Crippen molar-refractivity contribution in [3.8, 4) is 0 Å². The van der Waals surface area contributed by atoms with Gasteiger partial charge >= 0.3 is 0 Å². The van der Waals surface area contributed by atoms with E-state index in [9.17, 15) is 5.11 Å². The fourth-order valence-electron chi connectivity index (χ4n) is 4.09. The zero-order valence-corrected chi connectivity index (χ0v) is 12.9. The second-order valence-corrected chi connectivity index (χ2v) is 6.38. The van der Waals surface area contributed by atoms with Crippen molar-refractivity contribution in [2.45, 2.75) is 25.1 Å². The maximum absolute atomic E-state index is 9.70. The van der Waals surface area contributed by atoms with E-state index in [1.807, 2.05) is 12.1 Å². The topological polar surface area (TPSA) is 26.7 Å². The molecule has 2 aromatic rings. The predicted octanol–water partition coefficient (Wildman–Crippen LogP) is 2.60. The van der Waals surface area contributed by atoms with Crippen molar-refractivity contribution in [2.24, 2.45) is 0 Å². The van der Waals surface area contributed by atoms with E-state index < -0.39 is 0 Å². The van der Waals surface area contributed by atoms with Crippen LogP contribution in [0.2, 0.25) is 0 Å². The molecule has 1 heterocycles. The third kappa shape index (κ3) is 2.04. The van der Waals surface area contributed by atoms with Gasteiger partial charge in [-0.15, -0.1) is 0 Å². The van der Waals surface area contributed by atoms with Gasteiger partial charge in [-0.25, -0.2) is 0 Å². The Balaban J connectivity index is 1.80. The minimum Gasteiger partial charge on any atom is -0.392 e. The first-order chi connectivity index (χ1) is 10.8. The predicted molar refractivity (Wildman–Crippen MR) is 89.0 cm³/mol. The van der Waals surface area contributed by atoms with Crippen LogP contribution in [0.3, 0.4) is 0 Å². The molecule has 114 valence electrons. The Morgan fingerprint density at radius 2 is 1.82 bits per heavy atom. The summed E-state index contributed by atoms with van der Waals surface area (Å²) in [6.45, 7) is 2.17. The number of aliphatic hydroxyl groups excluding tert-OH is 1. The van der Waals surface area contributed by atoms with Crippen LogP contribution in [-0.4, -0.2) is 36.2 Å². The van der Waals surface area contributed by atoms with Crippen molar-refractivity contribution in [3.63, 3.8) is 0 Å². The van der Waals surface area contributed by atoms with Crippen LogP contribution in [0.4, 0.5) is 5.69 Å². The lowest BCUT2D eigenvalue weighted by Gasteiger charge is -2.45. The van der Waals surface area contributed by atoms with Gasteiger partial charge in [0.15, 0.2) is 0 Å². The lowest BCUT2D eigenvalue weighted by Crippen LogP contribution is -2.52. The van der Waals surface area contributed by atoms with E-state index in [1.54, 1.807) is 0 Å². The molecule has 1 aliphatic heterocycles. The van der Waals surface area contributed by atoms with E-state index in [-0.39, 0.29) is 6.61 Å². The minimum absolute atomic E-state index is 0.0988. The standard InChI is InChI=1S/C19H22N2O/c1-20-10-11-21(17-9-5-3-7-15(17)13-22)19-16-8-4-2-6-14(16)12-18(19)20/h2-9,18-19,22H,10-13H2,1H3/t18-,19-/m1/s1. The van der Waals surface area contributed by atoms with Gasteiger partial charge in [-0.1, -0.05) is 42.5 Å². The van der Waals surface area contributed by atoms with Gasteiger partial charge in [0.05, 0.1) is 12.6 Å². The molecule has 1 aliphatic carbocycles. The Kier molecular flexibility index (Phi) is 3.40. The highest BCUT2D eigenvalue weighted by Crippen LogP contribution is 2.43. The first kappa shape index (κ1) is 13.8. The first-order valence-corrected chi connectivity index (χ1v) is 8.03. The van der Waals surface area contributed by atoms with Crippen molar-refractivity contribution in [3.05, 3.63) is 65.2 Å². The van der Waals surface area contributed by atoms with E-state index in [0.717, 1.165) is 25.1 Å². The number of benzene rings is 2. The molecular weight excluding hydrogens is 272 g/mol. The summed E-state index contributed by atoms with van der Waals surface area (Å²) < 4.78 is 0. The van der Waals surface area contributed by atoms with Gasteiger partial charge in [-0.3, -0.25) is 4.90 Å². The number of nitrogens with zero attached hydrogens (tertiary/aromatic N) is 2. The third-order valence-corrected chi connectivity index (χ3v) is 5.23. The van der Waals surface area contributed by atoms with Gasteiger partial charge < -0.3 is 10.0 Å². The number of hydrogen-bond donors (Lipinski definition) is 1. The zero-order chi connectivity index (χ0) is 15.1.